The maximum Gasteiger partial charge on any atom is 0.233 e. The van der Waals surface area contributed by atoms with Gasteiger partial charge in [0, 0.05) is 44.7 Å². The Balaban J connectivity index is 0.000000157. The Morgan fingerprint density at radius 2 is 1.10 bits per heavy atom. The minimum atomic E-state index is -0.564. The number of ether oxygens (including phenoxy) is 2. The molecular weight excluding hydrogens is 705 g/mol. The second-order valence-electron chi connectivity index (χ2n) is 12.8. The van der Waals surface area contributed by atoms with Crippen LogP contribution in [0.15, 0.2) is 94.6 Å². The van der Waals surface area contributed by atoms with Gasteiger partial charge in [-0.15, -0.1) is 45.3 Å². The lowest BCUT2D eigenvalue weighted by Gasteiger charge is -2.29. The molecule has 4 atom stereocenters. The Labute approximate surface area is 307 Å². The van der Waals surface area contributed by atoms with Crippen LogP contribution in [0.4, 0.5) is 10.3 Å². The molecule has 8 rings (SSSR count). The summed E-state index contributed by atoms with van der Waals surface area (Å²) in [4.78, 5) is 37.2. The van der Waals surface area contributed by atoms with Gasteiger partial charge in [-0.05, 0) is 96.1 Å². The van der Waals surface area contributed by atoms with Gasteiger partial charge in [-0.1, -0.05) is 24.3 Å². The molecule has 0 saturated heterocycles. The molecule has 2 aliphatic carbocycles. The molecule has 12 heteroatoms. The number of anilines is 2. The van der Waals surface area contributed by atoms with E-state index in [-0.39, 0.29) is 23.7 Å². The lowest BCUT2D eigenvalue weighted by atomic mass is 9.76. The number of hydrogen-bond donors (Lipinski definition) is 2. The first-order valence-electron chi connectivity index (χ1n) is 16.1. The second kappa shape index (κ2) is 14.1. The van der Waals surface area contributed by atoms with E-state index >= 15 is 0 Å². The number of carbonyl (C=O) groups excluding carboxylic acids is 2. The predicted molar refractivity (Wildman–Crippen MR) is 203 cm³/mol. The fraction of sp³-hybridized carbons (Fsp3) is 0.263. The third-order valence-corrected chi connectivity index (χ3v) is 13.0. The Bertz CT molecular complexity index is 1930. The number of thiazole rings is 2. The van der Waals surface area contributed by atoms with Gasteiger partial charge in [-0.25, -0.2) is 9.97 Å². The van der Waals surface area contributed by atoms with Crippen LogP contribution in [0.3, 0.4) is 0 Å². The summed E-state index contributed by atoms with van der Waals surface area (Å²) in [6.07, 6.45) is 4.81. The zero-order valence-corrected chi connectivity index (χ0v) is 31.2. The van der Waals surface area contributed by atoms with Crippen molar-refractivity contribution in [3.05, 3.63) is 127 Å². The van der Waals surface area contributed by atoms with Gasteiger partial charge in [-0.2, -0.15) is 0 Å². The first-order chi connectivity index (χ1) is 24.2. The molecule has 2 aromatic carbocycles. The summed E-state index contributed by atoms with van der Waals surface area (Å²) in [7, 11) is 3.34. The molecule has 6 aromatic rings. The van der Waals surface area contributed by atoms with Gasteiger partial charge in [0.25, 0.3) is 0 Å². The maximum atomic E-state index is 13.2. The van der Waals surface area contributed by atoms with Gasteiger partial charge in [0.15, 0.2) is 10.3 Å². The molecule has 2 N–H and O–H groups in total. The van der Waals surface area contributed by atoms with Crippen LogP contribution in [0.5, 0.6) is 11.5 Å². The number of nitrogens with one attached hydrogen (secondary N) is 2. The molecule has 0 bridgehead atoms. The fourth-order valence-electron chi connectivity index (χ4n) is 7.26. The summed E-state index contributed by atoms with van der Waals surface area (Å²) < 4.78 is 10.8. The Morgan fingerprint density at radius 1 is 0.660 bits per heavy atom. The molecule has 0 radical (unpaired) electrons. The van der Waals surface area contributed by atoms with E-state index in [9.17, 15) is 9.59 Å². The number of benzene rings is 2. The number of carbonyl (C=O) groups is 2. The highest BCUT2D eigenvalue weighted by molar-refractivity contribution is 7.14. The molecule has 4 heterocycles. The number of hydrogen-bond acceptors (Lipinski definition) is 10. The maximum absolute atomic E-state index is 13.2. The van der Waals surface area contributed by atoms with E-state index in [4.69, 9.17) is 9.47 Å². The summed E-state index contributed by atoms with van der Waals surface area (Å²) in [6, 6.07) is 20.5. The van der Waals surface area contributed by atoms with E-state index in [0.717, 1.165) is 11.5 Å². The highest BCUT2D eigenvalue weighted by atomic mass is 32.1. The molecule has 50 heavy (non-hydrogen) atoms. The summed E-state index contributed by atoms with van der Waals surface area (Å²) in [5.41, 5.74) is 3.64. The van der Waals surface area contributed by atoms with Crippen LogP contribution in [0.2, 0.25) is 0 Å². The number of amides is 2. The Hall–Kier alpha value is -4.36. The quantitative estimate of drug-likeness (QED) is 0.162. The average Bonchev–Trinajstić information content (AvgIpc) is 3.96. The van der Waals surface area contributed by atoms with Crippen LogP contribution in [0.25, 0.3) is 0 Å². The van der Waals surface area contributed by atoms with Gasteiger partial charge in [-0.3, -0.25) is 9.59 Å². The summed E-state index contributed by atoms with van der Waals surface area (Å²) in [5, 5.41) is 15.1. The molecule has 0 spiro atoms. The van der Waals surface area contributed by atoms with Crippen molar-refractivity contribution >= 4 is 67.4 Å². The lowest BCUT2D eigenvalue weighted by molar-refractivity contribution is -0.125. The van der Waals surface area contributed by atoms with Crippen molar-refractivity contribution in [3.8, 4) is 11.5 Å². The normalized spacial score (nSPS) is 21.8. The van der Waals surface area contributed by atoms with Crippen molar-refractivity contribution < 1.29 is 19.1 Å². The van der Waals surface area contributed by atoms with Crippen molar-refractivity contribution in [1.29, 1.82) is 0 Å². The lowest BCUT2D eigenvalue weighted by Crippen LogP contribution is -2.37. The van der Waals surface area contributed by atoms with E-state index in [1.807, 2.05) is 48.9 Å². The number of aromatic nitrogens is 2. The Morgan fingerprint density at radius 3 is 1.44 bits per heavy atom. The molecule has 4 aromatic heterocycles. The van der Waals surface area contributed by atoms with Gasteiger partial charge < -0.3 is 20.1 Å². The molecular formula is C38H36N4O4S4. The molecule has 0 fully saturated rings. The first-order valence-corrected chi connectivity index (χ1v) is 19.6. The SMILES string of the molecule is COc1ccc2c(c1)[C@H](c1cccs1)[C@@](C)(C(=O)Nc1nccs1)C2.COc1ccc2c(c1)[C@H](c1cccs1)[C@](C)(C(=O)Nc1nccs1)C2. The molecule has 256 valence electrons. The zero-order chi connectivity index (χ0) is 34.9. The van der Waals surface area contributed by atoms with Gasteiger partial charge >= 0.3 is 0 Å². The summed E-state index contributed by atoms with van der Waals surface area (Å²) >= 11 is 6.26. The summed E-state index contributed by atoms with van der Waals surface area (Å²) in [5.74, 6) is 1.69. The van der Waals surface area contributed by atoms with Gasteiger partial charge in [0.2, 0.25) is 11.8 Å². The third-order valence-electron chi connectivity index (χ3n) is 9.72. The van der Waals surface area contributed by atoms with Crippen molar-refractivity contribution in [2.75, 3.05) is 24.9 Å². The van der Waals surface area contributed by atoms with Crippen LogP contribution in [-0.2, 0) is 22.4 Å². The van der Waals surface area contributed by atoms with Crippen LogP contribution < -0.4 is 20.1 Å². The van der Waals surface area contributed by atoms with E-state index in [1.165, 1.54) is 54.7 Å². The van der Waals surface area contributed by atoms with Gasteiger partial charge in [0.1, 0.15) is 11.5 Å². The standard InChI is InChI=1S/2C19H18N2O2S2/c2*1-19(17(22)21-18-20-7-9-25-18)11-12-5-6-13(23-2)10-14(12)16(19)15-4-3-8-24-15/h2*3-10,16H,11H2,1-2H3,(H,20,21,22)/t16-,19+;16-,19-/m11/s1. The highest BCUT2D eigenvalue weighted by Gasteiger charge is 2.50. The van der Waals surface area contributed by atoms with Crippen molar-refractivity contribution in [3.63, 3.8) is 0 Å². The van der Waals surface area contributed by atoms with Gasteiger partial charge in [0.05, 0.1) is 25.0 Å². The molecule has 0 saturated carbocycles. The molecule has 0 unspecified atom stereocenters. The third kappa shape index (κ3) is 6.37. The smallest absolute Gasteiger partial charge is 0.233 e. The number of rotatable bonds is 8. The fourth-order valence-corrected chi connectivity index (χ4v) is 10.3. The largest absolute Gasteiger partial charge is 0.497 e. The van der Waals surface area contributed by atoms with Crippen LogP contribution in [0.1, 0.15) is 57.7 Å². The number of nitrogens with zero attached hydrogens (tertiary/aromatic N) is 2. The van der Waals surface area contributed by atoms with Crippen LogP contribution in [-0.4, -0.2) is 36.0 Å². The van der Waals surface area contributed by atoms with Crippen molar-refractivity contribution in [2.24, 2.45) is 10.8 Å². The highest BCUT2D eigenvalue weighted by Crippen LogP contribution is 2.54. The number of thiophene rings is 2. The van der Waals surface area contributed by atoms with E-state index < -0.39 is 10.8 Å². The molecule has 0 aliphatic heterocycles. The topological polar surface area (TPSA) is 102 Å². The van der Waals surface area contributed by atoms with E-state index in [1.54, 1.807) is 49.3 Å². The minimum absolute atomic E-state index is 0.0102. The molecule has 2 aliphatic rings. The van der Waals surface area contributed by atoms with Crippen molar-refractivity contribution in [2.45, 2.75) is 38.5 Å². The number of methoxy groups -OCH3 is 2. The minimum Gasteiger partial charge on any atom is -0.497 e. The van der Waals surface area contributed by atoms with E-state index in [0.29, 0.717) is 23.1 Å². The predicted octanol–water partition coefficient (Wildman–Crippen LogP) is 9.09. The van der Waals surface area contributed by atoms with Crippen LogP contribution in [0, 0.1) is 10.8 Å². The number of fused-ring (bicyclic) bond motifs is 2. The first kappa shape index (κ1) is 34.1. The molecule has 8 nitrogen and oxygen atoms in total. The second-order valence-corrected chi connectivity index (χ2v) is 16.5. The van der Waals surface area contributed by atoms with E-state index in [2.05, 4.69) is 67.8 Å². The molecule has 2 amide bonds. The monoisotopic (exact) mass is 740 g/mol. The summed E-state index contributed by atoms with van der Waals surface area (Å²) in [6.45, 7) is 4.10. The zero-order valence-electron chi connectivity index (χ0n) is 28.0. The average molecular weight is 741 g/mol. The van der Waals surface area contributed by atoms with Crippen LogP contribution >= 0.6 is 45.3 Å². The Kier molecular flexibility index (Phi) is 9.62. The van der Waals surface area contributed by atoms with Crippen molar-refractivity contribution in [1.82, 2.24) is 9.97 Å².